The second-order valence-electron chi connectivity index (χ2n) is 5.25. The van der Waals surface area contributed by atoms with Gasteiger partial charge in [-0.25, -0.2) is 9.97 Å². The number of hydrogen-bond donors (Lipinski definition) is 2. The van der Waals surface area contributed by atoms with Gasteiger partial charge < -0.3 is 10.6 Å². The number of aromatic nitrogens is 2. The number of halogens is 1. The fourth-order valence-corrected chi connectivity index (χ4v) is 2.42. The maximum atomic E-state index is 11.6. The van der Waals surface area contributed by atoms with Gasteiger partial charge in [0.1, 0.15) is 6.33 Å². The van der Waals surface area contributed by atoms with Crippen LogP contribution in [0.4, 0.5) is 28.7 Å². The fraction of sp³-hybridized carbons (Fsp3) is 0.0588. The normalized spacial score (nSPS) is 10.3. The first-order valence-electron chi connectivity index (χ1n) is 7.39. The smallest absolute Gasteiger partial charge is 0.334 e. The Kier molecular flexibility index (Phi) is 4.76. The minimum Gasteiger partial charge on any atom is -0.334 e. The standard InChI is InChI=1S/C17H14ClN5O2/c1-11-7-8-12(18)9-14(11)22-17-15(23(24)25)16(19-10-20-17)21-13-5-3-2-4-6-13/h2-10H,1H3,(H2,19,20,21,22). The Morgan fingerprint density at radius 3 is 2.40 bits per heavy atom. The van der Waals surface area contributed by atoms with Crippen LogP contribution < -0.4 is 10.6 Å². The second-order valence-corrected chi connectivity index (χ2v) is 5.69. The summed E-state index contributed by atoms with van der Waals surface area (Å²) in [4.78, 5) is 19.1. The van der Waals surface area contributed by atoms with Crippen LogP contribution in [0.15, 0.2) is 54.9 Å². The number of hydrogen-bond acceptors (Lipinski definition) is 6. The zero-order valence-electron chi connectivity index (χ0n) is 13.2. The maximum absolute atomic E-state index is 11.6. The van der Waals surface area contributed by atoms with Gasteiger partial charge in [-0.15, -0.1) is 0 Å². The van der Waals surface area contributed by atoms with Crippen molar-refractivity contribution in [2.45, 2.75) is 6.92 Å². The van der Waals surface area contributed by atoms with Crippen LogP contribution in [0.3, 0.4) is 0 Å². The lowest BCUT2D eigenvalue weighted by molar-refractivity contribution is -0.383. The van der Waals surface area contributed by atoms with Crippen molar-refractivity contribution >= 4 is 40.3 Å². The van der Waals surface area contributed by atoms with Gasteiger partial charge in [-0.3, -0.25) is 10.1 Å². The summed E-state index contributed by atoms with van der Waals surface area (Å²) in [5.74, 6) is 0.192. The highest BCUT2D eigenvalue weighted by Crippen LogP contribution is 2.34. The van der Waals surface area contributed by atoms with Gasteiger partial charge in [0.2, 0.25) is 11.6 Å². The SMILES string of the molecule is Cc1ccc(Cl)cc1Nc1ncnc(Nc2ccccc2)c1[N+](=O)[O-]. The predicted molar refractivity (Wildman–Crippen MR) is 97.9 cm³/mol. The molecule has 25 heavy (non-hydrogen) atoms. The fourth-order valence-electron chi connectivity index (χ4n) is 2.25. The summed E-state index contributed by atoms with van der Waals surface area (Å²) >= 11 is 6.01. The molecule has 7 nitrogen and oxygen atoms in total. The molecule has 0 aliphatic heterocycles. The molecular formula is C17H14ClN5O2. The Morgan fingerprint density at radius 1 is 1.04 bits per heavy atom. The number of anilines is 4. The second kappa shape index (κ2) is 7.14. The largest absolute Gasteiger partial charge is 0.353 e. The van der Waals surface area contributed by atoms with E-state index < -0.39 is 4.92 Å². The van der Waals surface area contributed by atoms with Gasteiger partial charge in [-0.05, 0) is 36.8 Å². The monoisotopic (exact) mass is 355 g/mol. The van der Waals surface area contributed by atoms with Crippen LogP contribution in [0.2, 0.25) is 5.02 Å². The highest BCUT2D eigenvalue weighted by Gasteiger charge is 2.23. The summed E-state index contributed by atoms with van der Waals surface area (Å²) in [7, 11) is 0. The zero-order valence-corrected chi connectivity index (χ0v) is 14.0. The average molecular weight is 356 g/mol. The molecule has 1 heterocycles. The van der Waals surface area contributed by atoms with Crippen LogP contribution in [0.5, 0.6) is 0 Å². The minimum absolute atomic E-state index is 0.0868. The van der Waals surface area contributed by atoms with Crippen molar-refractivity contribution in [2.24, 2.45) is 0 Å². The number of nitrogens with one attached hydrogen (secondary N) is 2. The molecule has 1 aromatic heterocycles. The van der Waals surface area contributed by atoms with E-state index in [0.717, 1.165) is 5.56 Å². The quantitative estimate of drug-likeness (QED) is 0.502. The molecule has 0 amide bonds. The number of benzene rings is 2. The van der Waals surface area contributed by atoms with E-state index in [-0.39, 0.29) is 17.3 Å². The Labute approximate surface area is 148 Å². The molecule has 0 aliphatic rings. The minimum atomic E-state index is -0.520. The molecule has 0 bridgehead atoms. The van der Waals surface area contributed by atoms with E-state index in [2.05, 4.69) is 20.6 Å². The van der Waals surface area contributed by atoms with Crippen molar-refractivity contribution in [3.63, 3.8) is 0 Å². The highest BCUT2D eigenvalue weighted by molar-refractivity contribution is 6.30. The summed E-state index contributed by atoms with van der Waals surface area (Å²) in [5.41, 5.74) is 1.97. The van der Waals surface area contributed by atoms with Crippen LogP contribution in [0.1, 0.15) is 5.56 Å². The molecule has 0 radical (unpaired) electrons. The Bertz CT molecular complexity index is 918. The molecule has 8 heteroatoms. The van der Waals surface area contributed by atoms with Gasteiger partial charge in [-0.2, -0.15) is 0 Å². The topological polar surface area (TPSA) is 93.0 Å². The van der Waals surface area contributed by atoms with Gasteiger partial charge in [0.15, 0.2) is 0 Å². The third kappa shape index (κ3) is 3.84. The lowest BCUT2D eigenvalue weighted by Crippen LogP contribution is -2.06. The molecule has 0 spiro atoms. The van der Waals surface area contributed by atoms with Crippen molar-refractivity contribution in [3.8, 4) is 0 Å². The first kappa shape index (κ1) is 16.7. The maximum Gasteiger partial charge on any atom is 0.353 e. The average Bonchev–Trinajstić information content (AvgIpc) is 2.59. The van der Waals surface area contributed by atoms with E-state index in [4.69, 9.17) is 11.6 Å². The molecule has 2 aromatic carbocycles. The molecule has 0 atom stereocenters. The molecule has 3 aromatic rings. The van der Waals surface area contributed by atoms with E-state index >= 15 is 0 Å². The highest BCUT2D eigenvalue weighted by atomic mass is 35.5. The molecule has 0 saturated carbocycles. The number of para-hydroxylation sites is 1. The van der Waals surface area contributed by atoms with E-state index in [1.807, 2.05) is 31.2 Å². The van der Waals surface area contributed by atoms with Crippen molar-refractivity contribution < 1.29 is 4.92 Å². The van der Waals surface area contributed by atoms with Crippen molar-refractivity contribution in [1.29, 1.82) is 0 Å². The molecule has 126 valence electrons. The van der Waals surface area contributed by atoms with Gasteiger partial charge in [0.05, 0.1) is 4.92 Å². The lowest BCUT2D eigenvalue weighted by atomic mass is 10.2. The number of nitro groups is 1. The van der Waals surface area contributed by atoms with Crippen LogP contribution in [-0.4, -0.2) is 14.9 Å². The van der Waals surface area contributed by atoms with E-state index in [1.165, 1.54) is 6.33 Å². The molecule has 0 fully saturated rings. The first-order chi connectivity index (χ1) is 12.0. The van der Waals surface area contributed by atoms with Gasteiger partial charge >= 0.3 is 5.69 Å². The number of aryl methyl sites for hydroxylation is 1. The van der Waals surface area contributed by atoms with Crippen molar-refractivity contribution in [1.82, 2.24) is 9.97 Å². The third-order valence-electron chi connectivity index (χ3n) is 3.49. The molecule has 2 N–H and O–H groups in total. The molecule has 3 rings (SSSR count). The summed E-state index contributed by atoms with van der Waals surface area (Å²) in [6.07, 6.45) is 1.26. The molecular weight excluding hydrogens is 342 g/mol. The molecule has 0 saturated heterocycles. The zero-order chi connectivity index (χ0) is 17.8. The van der Waals surface area contributed by atoms with Crippen LogP contribution in [0.25, 0.3) is 0 Å². The first-order valence-corrected chi connectivity index (χ1v) is 7.77. The molecule has 0 unspecified atom stereocenters. The Hall–Kier alpha value is -3.19. The van der Waals surface area contributed by atoms with Crippen LogP contribution in [-0.2, 0) is 0 Å². The van der Waals surface area contributed by atoms with Gasteiger partial charge in [0.25, 0.3) is 0 Å². The lowest BCUT2D eigenvalue weighted by Gasteiger charge is -2.12. The van der Waals surface area contributed by atoms with Gasteiger partial charge in [0, 0.05) is 16.4 Å². The van der Waals surface area contributed by atoms with Crippen LogP contribution in [0, 0.1) is 17.0 Å². The summed E-state index contributed by atoms with van der Waals surface area (Å²) in [6.45, 7) is 1.87. The van der Waals surface area contributed by atoms with Crippen molar-refractivity contribution in [2.75, 3.05) is 10.6 Å². The van der Waals surface area contributed by atoms with Crippen molar-refractivity contribution in [3.05, 3.63) is 75.6 Å². The summed E-state index contributed by atoms with van der Waals surface area (Å²) < 4.78 is 0. The Balaban J connectivity index is 2.01. The van der Waals surface area contributed by atoms with E-state index in [1.54, 1.807) is 24.3 Å². The number of nitrogens with zero attached hydrogens (tertiary/aromatic N) is 3. The van der Waals surface area contributed by atoms with Crippen LogP contribution >= 0.6 is 11.6 Å². The summed E-state index contributed by atoms with van der Waals surface area (Å²) in [6, 6.07) is 14.3. The van der Waals surface area contributed by atoms with Gasteiger partial charge in [-0.1, -0.05) is 35.9 Å². The number of rotatable bonds is 5. The van der Waals surface area contributed by atoms with E-state index in [9.17, 15) is 10.1 Å². The summed E-state index contributed by atoms with van der Waals surface area (Å²) in [5, 5.41) is 18.0. The van der Waals surface area contributed by atoms with E-state index in [0.29, 0.717) is 16.4 Å². The predicted octanol–water partition coefficient (Wildman–Crippen LogP) is 4.83. The third-order valence-corrected chi connectivity index (χ3v) is 3.73. The Morgan fingerprint density at radius 2 is 1.72 bits per heavy atom. The molecule has 0 aliphatic carbocycles.